The molecule has 0 saturated carbocycles. The number of nitrogens with two attached hydrogens (primary N) is 1. The third-order valence-corrected chi connectivity index (χ3v) is 4.96. The summed E-state index contributed by atoms with van der Waals surface area (Å²) in [7, 11) is 0. The highest BCUT2D eigenvalue weighted by molar-refractivity contribution is 6.04. The molecule has 6 heteroatoms. The Bertz CT molecular complexity index is 1250. The number of carbonyl (C=O) groups excluding carboxylic acids is 1. The van der Waals surface area contributed by atoms with Crippen LogP contribution in [0.15, 0.2) is 66.9 Å². The molecule has 0 bridgehead atoms. The summed E-state index contributed by atoms with van der Waals surface area (Å²) < 4.78 is 14.4. The normalized spacial score (nSPS) is 11.1. The van der Waals surface area contributed by atoms with Crippen LogP contribution in [-0.4, -0.2) is 15.9 Å². The highest BCUT2D eigenvalue weighted by Crippen LogP contribution is 2.28. The predicted molar refractivity (Wildman–Crippen MR) is 118 cm³/mol. The van der Waals surface area contributed by atoms with Gasteiger partial charge in [0.1, 0.15) is 5.82 Å². The van der Waals surface area contributed by atoms with E-state index in [9.17, 15) is 9.18 Å². The van der Waals surface area contributed by atoms with Gasteiger partial charge in [-0.1, -0.05) is 38.1 Å². The number of benzene rings is 3. The van der Waals surface area contributed by atoms with E-state index < -0.39 is 5.82 Å². The van der Waals surface area contributed by atoms with Crippen LogP contribution in [0, 0.1) is 5.82 Å². The number of hydrogen-bond donors (Lipinski definition) is 2. The lowest BCUT2D eigenvalue weighted by Gasteiger charge is -2.11. The predicted octanol–water partition coefficient (Wildman–Crippen LogP) is 5.39. The maximum atomic E-state index is 14.4. The summed E-state index contributed by atoms with van der Waals surface area (Å²) in [4.78, 5) is 20.9. The van der Waals surface area contributed by atoms with Gasteiger partial charge in [-0.3, -0.25) is 4.79 Å². The van der Waals surface area contributed by atoms with Crippen molar-refractivity contribution >= 4 is 28.4 Å². The fraction of sp³-hybridized carbons (Fsp3) is 0.125. The van der Waals surface area contributed by atoms with Crippen molar-refractivity contribution in [2.24, 2.45) is 0 Å². The van der Waals surface area contributed by atoms with Gasteiger partial charge in [-0.15, -0.1) is 0 Å². The van der Waals surface area contributed by atoms with E-state index in [1.807, 2.05) is 36.4 Å². The second-order valence-electron chi connectivity index (χ2n) is 7.43. The summed E-state index contributed by atoms with van der Waals surface area (Å²) in [6.45, 7) is 4.12. The number of nitrogens with one attached hydrogen (secondary N) is 1. The van der Waals surface area contributed by atoms with Crippen LogP contribution in [0.4, 0.5) is 16.0 Å². The lowest BCUT2D eigenvalue weighted by atomic mass is 10.0. The van der Waals surface area contributed by atoms with Crippen LogP contribution in [-0.2, 0) is 0 Å². The SMILES string of the molecule is CC(C)c1cccc(C(=O)Nc2cc(-c3ccc4nc(N)ncc4c3)ccc2F)c1. The first-order chi connectivity index (χ1) is 14.4. The van der Waals surface area contributed by atoms with E-state index in [0.717, 1.165) is 27.6 Å². The molecule has 4 rings (SSSR count). The molecule has 3 aromatic carbocycles. The number of rotatable bonds is 4. The number of nitrogen functional groups attached to an aromatic ring is 1. The first-order valence-electron chi connectivity index (χ1n) is 9.64. The summed E-state index contributed by atoms with van der Waals surface area (Å²) in [6, 6.07) is 17.6. The van der Waals surface area contributed by atoms with E-state index in [0.29, 0.717) is 11.5 Å². The average Bonchev–Trinajstić information content (AvgIpc) is 2.75. The van der Waals surface area contributed by atoms with Crippen LogP contribution in [0.25, 0.3) is 22.0 Å². The third kappa shape index (κ3) is 3.98. The van der Waals surface area contributed by atoms with Gasteiger partial charge in [0.25, 0.3) is 5.91 Å². The number of carbonyl (C=O) groups is 1. The standard InChI is InChI=1S/C24H21FN4O/c1-14(2)15-4-3-5-18(10-15)23(30)28-22-12-17(6-8-20(22)25)16-7-9-21-19(11-16)13-27-24(26)29-21/h3-14H,1-2H3,(H,28,30)(H2,26,27,29). The van der Waals surface area contributed by atoms with E-state index in [-0.39, 0.29) is 17.5 Å². The van der Waals surface area contributed by atoms with Gasteiger partial charge in [0.2, 0.25) is 5.95 Å². The van der Waals surface area contributed by atoms with Gasteiger partial charge in [-0.25, -0.2) is 14.4 Å². The largest absolute Gasteiger partial charge is 0.368 e. The molecule has 0 aliphatic heterocycles. The fourth-order valence-corrected chi connectivity index (χ4v) is 3.26. The maximum Gasteiger partial charge on any atom is 0.255 e. The number of fused-ring (bicyclic) bond motifs is 1. The Morgan fingerprint density at radius 2 is 1.80 bits per heavy atom. The molecule has 30 heavy (non-hydrogen) atoms. The molecule has 150 valence electrons. The lowest BCUT2D eigenvalue weighted by Crippen LogP contribution is -2.13. The van der Waals surface area contributed by atoms with Crippen molar-refractivity contribution in [3.8, 4) is 11.1 Å². The first-order valence-corrected chi connectivity index (χ1v) is 9.64. The van der Waals surface area contributed by atoms with Crippen molar-refractivity contribution in [3.05, 3.63) is 83.8 Å². The molecular formula is C24H21FN4O. The molecule has 0 aliphatic rings. The Hall–Kier alpha value is -3.80. The van der Waals surface area contributed by atoms with E-state index in [1.165, 1.54) is 6.07 Å². The molecule has 0 spiro atoms. The zero-order valence-corrected chi connectivity index (χ0v) is 16.7. The molecule has 0 unspecified atom stereocenters. The number of nitrogens with zero attached hydrogens (tertiary/aromatic N) is 2. The van der Waals surface area contributed by atoms with E-state index in [2.05, 4.69) is 29.1 Å². The minimum Gasteiger partial charge on any atom is -0.368 e. The Morgan fingerprint density at radius 3 is 2.60 bits per heavy atom. The molecule has 4 aromatic rings. The van der Waals surface area contributed by atoms with E-state index in [1.54, 1.807) is 24.4 Å². The molecule has 1 heterocycles. The van der Waals surface area contributed by atoms with Gasteiger partial charge >= 0.3 is 0 Å². The van der Waals surface area contributed by atoms with Crippen molar-refractivity contribution in [2.45, 2.75) is 19.8 Å². The van der Waals surface area contributed by atoms with Crippen molar-refractivity contribution in [1.29, 1.82) is 0 Å². The molecule has 0 atom stereocenters. The van der Waals surface area contributed by atoms with Crippen LogP contribution in [0.3, 0.4) is 0 Å². The second kappa shape index (κ2) is 7.91. The van der Waals surface area contributed by atoms with E-state index >= 15 is 0 Å². The van der Waals surface area contributed by atoms with Gasteiger partial charge in [0.05, 0.1) is 11.2 Å². The van der Waals surface area contributed by atoms with Crippen molar-refractivity contribution in [2.75, 3.05) is 11.1 Å². The Kier molecular flexibility index (Phi) is 5.14. The van der Waals surface area contributed by atoms with Crippen LogP contribution in [0.5, 0.6) is 0 Å². The topological polar surface area (TPSA) is 80.9 Å². The maximum absolute atomic E-state index is 14.4. The number of hydrogen-bond acceptors (Lipinski definition) is 4. The quantitative estimate of drug-likeness (QED) is 0.481. The van der Waals surface area contributed by atoms with Crippen LogP contribution < -0.4 is 11.1 Å². The van der Waals surface area contributed by atoms with Crippen molar-refractivity contribution in [3.63, 3.8) is 0 Å². The highest BCUT2D eigenvalue weighted by Gasteiger charge is 2.12. The van der Waals surface area contributed by atoms with Gasteiger partial charge in [0, 0.05) is 17.1 Å². The van der Waals surface area contributed by atoms with Gasteiger partial charge < -0.3 is 11.1 Å². The molecule has 0 fully saturated rings. The summed E-state index contributed by atoms with van der Waals surface area (Å²) in [5.74, 6) is -0.339. The molecule has 1 amide bonds. The monoisotopic (exact) mass is 400 g/mol. The molecule has 0 saturated heterocycles. The lowest BCUT2D eigenvalue weighted by molar-refractivity contribution is 0.102. The minimum absolute atomic E-state index is 0.126. The third-order valence-electron chi connectivity index (χ3n) is 4.96. The van der Waals surface area contributed by atoms with Crippen LogP contribution in [0.2, 0.25) is 0 Å². The smallest absolute Gasteiger partial charge is 0.255 e. The first kappa shape index (κ1) is 19.5. The zero-order chi connectivity index (χ0) is 21.3. The zero-order valence-electron chi connectivity index (χ0n) is 16.7. The molecular weight excluding hydrogens is 379 g/mol. The van der Waals surface area contributed by atoms with Crippen molar-refractivity contribution in [1.82, 2.24) is 9.97 Å². The summed E-state index contributed by atoms with van der Waals surface area (Å²) >= 11 is 0. The minimum atomic E-state index is -0.496. The Morgan fingerprint density at radius 1 is 1.03 bits per heavy atom. The average molecular weight is 400 g/mol. The molecule has 1 aromatic heterocycles. The van der Waals surface area contributed by atoms with Crippen molar-refractivity contribution < 1.29 is 9.18 Å². The Balaban J connectivity index is 1.64. The number of aromatic nitrogens is 2. The number of halogens is 1. The molecule has 0 radical (unpaired) electrons. The van der Waals surface area contributed by atoms with E-state index in [4.69, 9.17) is 5.73 Å². The van der Waals surface area contributed by atoms with Crippen LogP contribution >= 0.6 is 0 Å². The van der Waals surface area contributed by atoms with Gasteiger partial charge in [0.15, 0.2) is 0 Å². The number of amides is 1. The molecule has 3 N–H and O–H groups in total. The van der Waals surface area contributed by atoms with Gasteiger partial charge in [-0.2, -0.15) is 0 Å². The highest BCUT2D eigenvalue weighted by atomic mass is 19.1. The number of anilines is 2. The van der Waals surface area contributed by atoms with Crippen LogP contribution in [0.1, 0.15) is 35.7 Å². The Labute approximate surface area is 173 Å². The summed E-state index contributed by atoms with van der Waals surface area (Å²) in [6.07, 6.45) is 1.65. The summed E-state index contributed by atoms with van der Waals surface area (Å²) in [5, 5.41) is 3.51. The molecule has 0 aliphatic carbocycles. The molecule has 5 nitrogen and oxygen atoms in total. The van der Waals surface area contributed by atoms with Gasteiger partial charge in [-0.05, 0) is 59.0 Å². The second-order valence-corrected chi connectivity index (χ2v) is 7.43. The fourth-order valence-electron chi connectivity index (χ4n) is 3.26. The summed E-state index contributed by atoms with van der Waals surface area (Å²) in [5.41, 5.74) is 9.64.